The second-order valence-corrected chi connectivity index (χ2v) is 5.27. The summed E-state index contributed by atoms with van der Waals surface area (Å²) in [7, 11) is 0. The fraction of sp³-hybridized carbons (Fsp3) is 0.267. The monoisotopic (exact) mass is 337 g/mol. The maximum Gasteiger partial charge on any atom is 0.451 e. The van der Waals surface area contributed by atoms with E-state index in [1.807, 2.05) is 30.5 Å². The van der Waals surface area contributed by atoms with Crippen LogP contribution in [0.1, 0.15) is 24.2 Å². The Kier molecular flexibility index (Phi) is 4.24. The first-order chi connectivity index (χ1) is 11.4. The summed E-state index contributed by atoms with van der Waals surface area (Å²) in [6.45, 7) is 0. The first kappa shape index (κ1) is 16.0. The fourth-order valence-corrected chi connectivity index (χ4v) is 2.41. The minimum Gasteiger partial charge on any atom is -0.361 e. The lowest BCUT2D eigenvalue weighted by Crippen LogP contribution is -2.13. The highest BCUT2D eigenvalue weighted by atomic mass is 19.4. The maximum atomic E-state index is 12.4. The number of benzene rings is 1. The Morgan fingerprint density at radius 1 is 1.25 bits per heavy atom. The number of hydrogen-bond acceptors (Lipinski definition) is 3. The Morgan fingerprint density at radius 2 is 2.04 bits per heavy atom. The number of nitrogens with one attached hydrogen (secondary N) is 3. The van der Waals surface area contributed by atoms with Crippen LogP contribution >= 0.6 is 0 Å². The van der Waals surface area contributed by atoms with Gasteiger partial charge < -0.3 is 4.98 Å². The number of nitrogens with zero attached hydrogens (tertiary/aromatic N) is 2. The smallest absolute Gasteiger partial charge is 0.361 e. The number of amides is 1. The van der Waals surface area contributed by atoms with Crippen molar-refractivity contribution in [2.75, 3.05) is 5.32 Å². The molecule has 1 amide bonds. The van der Waals surface area contributed by atoms with Crippen molar-refractivity contribution < 1.29 is 18.0 Å². The number of carbonyl (C=O) groups is 1. The zero-order valence-corrected chi connectivity index (χ0v) is 12.4. The van der Waals surface area contributed by atoms with E-state index in [1.54, 1.807) is 5.10 Å². The first-order valence-corrected chi connectivity index (χ1v) is 7.28. The molecule has 3 rings (SSSR count). The number of hydrogen-bond donors (Lipinski definition) is 3. The first-order valence-electron chi connectivity index (χ1n) is 7.28. The van der Waals surface area contributed by atoms with Crippen molar-refractivity contribution in [2.45, 2.75) is 25.4 Å². The summed E-state index contributed by atoms with van der Waals surface area (Å²) in [6.07, 6.45) is -1.32. The van der Waals surface area contributed by atoms with Crippen LogP contribution in [0.5, 0.6) is 0 Å². The van der Waals surface area contributed by atoms with Gasteiger partial charge in [-0.25, -0.2) is 0 Å². The van der Waals surface area contributed by atoms with E-state index in [0.29, 0.717) is 12.8 Å². The molecule has 1 aromatic carbocycles. The molecule has 6 nitrogen and oxygen atoms in total. The SMILES string of the molecule is O=C(CCCc1c[nH]c2ccccc12)Nc1n[nH]c(C(F)(F)F)n1. The molecule has 3 aromatic rings. The maximum absolute atomic E-state index is 12.4. The molecule has 126 valence electrons. The quantitative estimate of drug-likeness (QED) is 0.668. The van der Waals surface area contributed by atoms with Gasteiger partial charge in [0.05, 0.1) is 0 Å². The molecule has 0 saturated carbocycles. The van der Waals surface area contributed by atoms with E-state index in [4.69, 9.17) is 0 Å². The van der Waals surface area contributed by atoms with Gasteiger partial charge in [-0.15, -0.1) is 5.10 Å². The lowest BCUT2D eigenvalue weighted by atomic mass is 10.1. The third-order valence-corrected chi connectivity index (χ3v) is 3.53. The number of alkyl halides is 3. The van der Waals surface area contributed by atoms with E-state index < -0.39 is 17.9 Å². The molecule has 0 aliphatic heterocycles. The van der Waals surface area contributed by atoms with Gasteiger partial charge in [-0.2, -0.15) is 18.2 Å². The zero-order valence-electron chi connectivity index (χ0n) is 12.4. The molecular weight excluding hydrogens is 323 g/mol. The number of aromatic nitrogens is 4. The summed E-state index contributed by atoms with van der Waals surface area (Å²) in [5.74, 6) is -2.04. The molecule has 0 radical (unpaired) electrons. The van der Waals surface area contributed by atoms with Crippen molar-refractivity contribution >= 4 is 22.8 Å². The number of halogens is 3. The number of fused-ring (bicyclic) bond motifs is 1. The van der Waals surface area contributed by atoms with Gasteiger partial charge in [0.25, 0.3) is 0 Å². The van der Waals surface area contributed by atoms with E-state index in [9.17, 15) is 18.0 Å². The van der Waals surface area contributed by atoms with Gasteiger partial charge in [-0.3, -0.25) is 15.2 Å². The molecule has 3 N–H and O–H groups in total. The molecule has 0 atom stereocenters. The molecule has 2 heterocycles. The number of rotatable bonds is 5. The highest BCUT2D eigenvalue weighted by molar-refractivity contribution is 5.89. The summed E-state index contributed by atoms with van der Waals surface area (Å²) < 4.78 is 37.1. The van der Waals surface area contributed by atoms with E-state index in [-0.39, 0.29) is 12.4 Å². The Hall–Kier alpha value is -2.84. The molecule has 0 spiro atoms. The average molecular weight is 337 g/mol. The van der Waals surface area contributed by atoms with Gasteiger partial charge in [-0.1, -0.05) is 18.2 Å². The second-order valence-electron chi connectivity index (χ2n) is 5.27. The summed E-state index contributed by atoms with van der Waals surface area (Å²) in [5.41, 5.74) is 2.12. The van der Waals surface area contributed by atoms with Crippen LogP contribution < -0.4 is 5.32 Å². The Bertz CT molecular complexity index is 852. The highest BCUT2D eigenvalue weighted by Gasteiger charge is 2.35. The third kappa shape index (κ3) is 3.55. The fourth-order valence-electron chi connectivity index (χ4n) is 2.41. The van der Waals surface area contributed by atoms with Crippen molar-refractivity contribution in [3.05, 3.63) is 41.9 Å². The van der Waals surface area contributed by atoms with E-state index in [1.165, 1.54) is 0 Å². The van der Waals surface area contributed by atoms with Crippen molar-refractivity contribution in [3.63, 3.8) is 0 Å². The number of aromatic amines is 2. The van der Waals surface area contributed by atoms with Gasteiger partial charge >= 0.3 is 6.18 Å². The van der Waals surface area contributed by atoms with Crippen molar-refractivity contribution in [1.82, 2.24) is 20.2 Å². The van der Waals surface area contributed by atoms with Gasteiger partial charge in [0.2, 0.25) is 17.7 Å². The van der Waals surface area contributed by atoms with E-state index >= 15 is 0 Å². The lowest BCUT2D eigenvalue weighted by Gasteiger charge is -2.01. The predicted molar refractivity (Wildman–Crippen MR) is 81.3 cm³/mol. The van der Waals surface area contributed by atoms with Crippen LogP contribution in [0.4, 0.5) is 19.1 Å². The average Bonchev–Trinajstić information content (AvgIpc) is 3.14. The zero-order chi connectivity index (χ0) is 17.2. The van der Waals surface area contributed by atoms with Gasteiger partial charge in [0.15, 0.2) is 0 Å². The topological polar surface area (TPSA) is 86.5 Å². The number of para-hydroxylation sites is 1. The number of carbonyl (C=O) groups excluding carboxylic acids is 1. The molecule has 9 heteroatoms. The molecule has 0 aliphatic rings. The molecule has 0 fully saturated rings. The molecule has 2 aromatic heterocycles. The van der Waals surface area contributed by atoms with E-state index in [2.05, 4.69) is 20.4 Å². The molecule has 0 aliphatic carbocycles. The minimum atomic E-state index is -4.62. The van der Waals surface area contributed by atoms with Gasteiger partial charge in [0, 0.05) is 23.5 Å². The number of H-pyrrole nitrogens is 2. The van der Waals surface area contributed by atoms with Crippen LogP contribution in [0.25, 0.3) is 10.9 Å². The van der Waals surface area contributed by atoms with Crippen LogP contribution in [-0.4, -0.2) is 26.1 Å². The summed E-state index contributed by atoms with van der Waals surface area (Å²) in [6, 6.07) is 7.83. The van der Waals surface area contributed by atoms with Crippen molar-refractivity contribution in [2.24, 2.45) is 0 Å². The van der Waals surface area contributed by atoms with E-state index in [0.717, 1.165) is 16.5 Å². The highest BCUT2D eigenvalue weighted by Crippen LogP contribution is 2.26. The molecule has 0 bridgehead atoms. The molecule has 24 heavy (non-hydrogen) atoms. The summed E-state index contributed by atoms with van der Waals surface area (Å²) in [4.78, 5) is 18.1. The molecule has 0 saturated heterocycles. The molecular formula is C15H14F3N5O. The Labute approximate surface area is 134 Å². The van der Waals surface area contributed by atoms with Crippen LogP contribution in [0.2, 0.25) is 0 Å². The minimum absolute atomic E-state index is 0.162. The van der Waals surface area contributed by atoms with Gasteiger partial charge in [-0.05, 0) is 24.5 Å². The summed E-state index contributed by atoms with van der Waals surface area (Å²) in [5, 5.41) is 8.42. The Morgan fingerprint density at radius 3 is 2.79 bits per heavy atom. The van der Waals surface area contributed by atoms with Crippen molar-refractivity contribution in [1.29, 1.82) is 0 Å². The molecule has 0 unspecified atom stereocenters. The van der Waals surface area contributed by atoms with Gasteiger partial charge in [0.1, 0.15) is 0 Å². The lowest BCUT2D eigenvalue weighted by molar-refractivity contribution is -0.144. The Balaban J connectivity index is 1.52. The van der Waals surface area contributed by atoms with Crippen molar-refractivity contribution in [3.8, 4) is 0 Å². The largest absolute Gasteiger partial charge is 0.451 e. The second kappa shape index (κ2) is 6.34. The normalized spacial score (nSPS) is 11.8. The van der Waals surface area contributed by atoms with Crippen LogP contribution in [-0.2, 0) is 17.4 Å². The van der Waals surface area contributed by atoms with Crippen LogP contribution in [0.3, 0.4) is 0 Å². The number of aryl methyl sites for hydroxylation is 1. The summed E-state index contributed by atoms with van der Waals surface area (Å²) >= 11 is 0. The van der Waals surface area contributed by atoms with Crippen LogP contribution in [0, 0.1) is 0 Å². The standard InChI is InChI=1S/C15H14F3N5O/c16-15(17,18)13-21-14(23-22-13)20-12(24)7-3-4-9-8-19-11-6-2-1-5-10(9)11/h1-2,5-6,8,19H,3-4,7H2,(H2,20,21,22,23,24). The number of anilines is 1. The predicted octanol–water partition coefficient (Wildman–Crippen LogP) is 3.27. The van der Waals surface area contributed by atoms with Crippen LogP contribution in [0.15, 0.2) is 30.5 Å². The third-order valence-electron chi connectivity index (χ3n) is 3.53.